The van der Waals surface area contributed by atoms with Crippen LogP contribution in [0.3, 0.4) is 0 Å². The molecule has 0 bridgehead atoms. The van der Waals surface area contributed by atoms with E-state index in [2.05, 4.69) is 36.2 Å². The highest BCUT2D eigenvalue weighted by molar-refractivity contribution is 6.16. The summed E-state index contributed by atoms with van der Waals surface area (Å²) in [5.41, 5.74) is 5.30. The predicted molar refractivity (Wildman–Crippen MR) is 111 cm³/mol. The summed E-state index contributed by atoms with van der Waals surface area (Å²) in [4.78, 5) is 35.0. The fourth-order valence-electron chi connectivity index (χ4n) is 4.11. The Hall–Kier alpha value is -3.61. The third-order valence-electron chi connectivity index (χ3n) is 5.87. The number of aryl methyl sites for hydroxylation is 1. The number of benzene rings is 2. The summed E-state index contributed by atoms with van der Waals surface area (Å²) in [6.07, 6.45) is 1.41. The average Bonchev–Trinajstić information content (AvgIpc) is 3.26. The number of rotatable bonds is 2. The lowest BCUT2D eigenvalue weighted by molar-refractivity contribution is -0.126. The van der Waals surface area contributed by atoms with Crippen LogP contribution in [0, 0.1) is 13.8 Å². The van der Waals surface area contributed by atoms with Crippen LogP contribution in [0.5, 0.6) is 0 Å². The van der Waals surface area contributed by atoms with Crippen LogP contribution in [0.15, 0.2) is 59.7 Å². The van der Waals surface area contributed by atoms with E-state index in [1.807, 2.05) is 47.5 Å². The van der Waals surface area contributed by atoms with Gasteiger partial charge in [0.15, 0.2) is 12.2 Å². The van der Waals surface area contributed by atoms with Gasteiger partial charge in [0.25, 0.3) is 5.91 Å². The van der Waals surface area contributed by atoms with Crippen molar-refractivity contribution in [1.29, 1.82) is 0 Å². The number of amides is 3. The van der Waals surface area contributed by atoms with Crippen molar-refractivity contribution >= 4 is 29.3 Å². The predicted octanol–water partition coefficient (Wildman–Crippen LogP) is 2.67. The molecule has 7 nitrogen and oxygen atoms in total. The molecule has 0 aromatic heterocycles. The van der Waals surface area contributed by atoms with Crippen molar-refractivity contribution in [2.75, 3.05) is 11.9 Å². The molecule has 2 atom stereocenters. The molecular formula is C22H21N5O2. The minimum Gasteiger partial charge on any atom is -0.303 e. The van der Waals surface area contributed by atoms with E-state index in [1.54, 1.807) is 7.05 Å². The first-order chi connectivity index (χ1) is 14.0. The first kappa shape index (κ1) is 17.5. The Morgan fingerprint density at radius 2 is 1.76 bits per heavy atom. The first-order valence-corrected chi connectivity index (χ1v) is 9.55. The van der Waals surface area contributed by atoms with E-state index >= 15 is 0 Å². The van der Waals surface area contributed by atoms with Crippen molar-refractivity contribution in [3.63, 3.8) is 0 Å². The smallest absolute Gasteiger partial charge is 0.303 e. The van der Waals surface area contributed by atoms with Gasteiger partial charge in [0.1, 0.15) is 0 Å². The number of aliphatic imine (C=N–C) groups is 1. The molecule has 0 radical (unpaired) electrons. The molecule has 1 saturated heterocycles. The zero-order valence-corrected chi connectivity index (χ0v) is 16.5. The third kappa shape index (κ3) is 2.47. The summed E-state index contributed by atoms with van der Waals surface area (Å²) in [5.74, 6) is 0.326. The quantitative estimate of drug-likeness (QED) is 0.860. The monoisotopic (exact) mass is 387 g/mol. The molecule has 1 fully saturated rings. The molecule has 3 amide bonds. The second kappa shape index (κ2) is 6.20. The number of urea groups is 1. The van der Waals surface area contributed by atoms with Crippen molar-refractivity contribution in [2.24, 2.45) is 4.99 Å². The van der Waals surface area contributed by atoms with Crippen LogP contribution < -0.4 is 10.2 Å². The van der Waals surface area contributed by atoms with E-state index in [0.717, 1.165) is 22.5 Å². The molecule has 2 unspecified atom stereocenters. The number of imide groups is 1. The molecule has 0 saturated carbocycles. The number of likely N-dealkylation sites (N-methyl/N-ethyl adjacent to an activating group) is 1. The molecule has 1 N–H and O–H groups in total. The maximum absolute atomic E-state index is 12.7. The Kier molecular flexibility index (Phi) is 3.74. The Labute approximate surface area is 168 Å². The fraction of sp³-hybridized carbons (Fsp3) is 0.227. The van der Waals surface area contributed by atoms with Crippen molar-refractivity contribution < 1.29 is 9.59 Å². The van der Waals surface area contributed by atoms with E-state index < -0.39 is 18.2 Å². The number of anilines is 1. The minimum atomic E-state index is -0.582. The topological polar surface area (TPSA) is 68.2 Å². The normalized spacial score (nSPS) is 22.9. The molecule has 2 aromatic carbocycles. The third-order valence-corrected chi connectivity index (χ3v) is 5.87. The number of nitrogens with one attached hydrogen (secondary N) is 1. The average molecular weight is 387 g/mol. The molecule has 3 aliphatic rings. The van der Waals surface area contributed by atoms with Crippen LogP contribution in [0.1, 0.15) is 16.7 Å². The Bertz CT molecular complexity index is 1090. The number of carbonyl (C=O) groups excluding carboxylic acids is 2. The lowest BCUT2D eigenvalue weighted by Gasteiger charge is -2.34. The Morgan fingerprint density at radius 3 is 2.52 bits per heavy atom. The van der Waals surface area contributed by atoms with Gasteiger partial charge in [-0.05, 0) is 31.0 Å². The van der Waals surface area contributed by atoms with E-state index in [0.29, 0.717) is 5.96 Å². The van der Waals surface area contributed by atoms with Gasteiger partial charge in [0.2, 0.25) is 5.96 Å². The second-order valence-electron chi connectivity index (χ2n) is 7.53. The van der Waals surface area contributed by atoms with E-state index in [4.69, 9.17) is 4.99 Å². The summed E-state index contributed by atoms with van der Waals surface area (Å²) in [6.45, 7) is 4.16. The number of hydrogen-bond donors (Lipinski definition) is 1. The molecule has 7 heteroatoms. The summed E-state index contributed by atoms with van der Waals surface area (Å²) in [5, 5.41) is 2.43. The van der Waals surface area contributed by atoms with Crippen LogP contribution in [0.4, 0.5) is 10.5 Å². The van der Waals surface area contributed by atoms with Crippen LogP contribution in [-0.4, -0.2) is 47.0 Å². The van der Waals surface area contributed by atoms with Gasteiger partial charge in [0.05, 0.1) is 11.4 Å². The highest BCUT2D eigenvalue weighted by atomic mass is 16.2. The van der Waals surface area contributed by atoms with Gasteiger partial charge in [-0.25, -0.2) is 9.79 Å². The number of nitrogens with zero attached hydrogens (tertiary/aromatic N) is 4. The zero-order valence-electron chi connectivity index (χ0n) is 16.5. The molecule has 29 heavy (non-hydrogen) atoms. The maximum Gasteiger partial charge on any atom is 0.325 e. The highest BCUT2D eigenvalue weighted by Gasteiger charge is 2.52. The molecule has 2 aromatic rings. The standard InChI is InChI=1S/C22H21N5O2/c1-13-8-7-11-16(14(13)2)27-17(15-9-5-4-6-10-15)12-26-18-19(23-21(26)27)25(3)22(29)24-20(18)28/h4-12,18-19H,1-3H3,(H,24,28,29). The lowest BCUT2D eigenvalue weighted by atomic mass is 10.1. The minimum absolute atomic E-state index is 0.330. The lowest BCUT2D eigenvalue weighted by Crippen LogP contribution is -2.62. The molecule has 0 aliphatic carbocycles. The molecule has 3 heterocycles. The first-order valence-electron chi connectivity index (χ1n) is 9.55. The van der Waals surface area contributed by atoms with Crippen molar-refractivity contribution in [2.45, 2.75) is 26.1 Å². The van der Waals surface area contributed by atoms with Crippen LogP contribution >= 0.6 is 0 Å². The van der Waals surface area contributed by atoms with E-state index in [9.17, 15) is 9.59 Å². The summed E-state index contributed by atoms with van der Waals surface area (Å²) >= 11 is 0. The summed E-state index contributed by atoms with van der Waals surface area (Å²) in [7, 11) is 1.66. The largest absolute Gasteiger partial charge is 0.325 e. The van der Waals surface area contributed by atoms with Crippen molar-refractivity contribution in [1.82, 2.24) is 15.1 Å². The van der Waals surface area contributed by atoms with Gasteiger partial charge < -0.3 is 4.90 Å². The van der Waals surface area contributed by atoms with Crippen LogP contribution in [0.2, 0.25) is 0 Å². The molecule has 5 rings (SSSR count). The maximum atomic E-state index is 12.7. The molecule has 146 valence electrons. The summed E-state index contributed by atoms with van der Waals surface area (Å²) in [6, 6.07) is 15.2. The molecule has 0 spiro atoms. The Morgan fingerprint density at radius 1 is 1.00 bits per heavy atom. The van der Waals surface area contributed by atoms with Gasteiger partial charge in [-0.15, -0.1) is 0 Å². The van der Waals surface area contributed by atoms with Crippen molar-refractivity contribution in [3.05, 3.63) is 71.4 Å². The Balaban J connectivity index is 1.68. The number of carbonyl (C=O) groups is 2. The van der Waals surface area contributed by atoms with Gasteiger partial charge in [-0.3, -0.25) is 19.9 Å². The second-order valence-corrected chi connectivity index (χ2v) is 7.53. The SMILES string of the molecule is Cc1cccc(N2C(c3ccccc3)=CN3C2=NC2C3C(=O)NC(=O)N2C)c1C. The van der Waals surface area contributed by atoms with Gasteiger partial charge in [-0.1, -0.05) is 42.5 Å². The van der Waals surface area contributed by atoms with Gasteiger partial charge >= 0.3 is 6.03 Å². The number of guanidine groups is 1. The van der Waals surface area contributed by atoms with E-state index in [1.165, 1.54) is 10.5 Å². The van der Waals surface area contributed by atoms with E-state index in [-0.39, 0.29) is 5.91 Å². The van der Waals surface area contributed by atoms with Crippen molar-refractivity contribution in [3.8, 4) is 0 Å². The zero-order chi connectivity index (χ0) is 20.3. The fourth-order valence-corrected chi connectivity index (χ4v) is 4.11. The van der Waals surface area contributed by atoms with Gasteiger partial charge in [0, 0.05) is 18.8 Å². The molecule has 3 aliphatic heterocycles. The summed E-state index contributed by atoms with van der Waals surface area (Å²) < 4.78 is 0. The number of fused-ring (bicyclic) bond motifs is 3. The van der Waals surface area contributed by atoms with Crippen LogP contribution in [-0.2, 0) is 4.79 Å². The number of hydrogen-bond acceptors (Lipinski definition) is 5. The van der Waals surface area contributed by atoms with Crippen LogP contribution in [0.25, 0.3) is 5.70 Å². The van der Waals surface area contributed by atoms with Gasteiger partial charge in [-0.2, -0.15) is 0 Å². The molecular weight excluding hydrogens is 366 g/mol. The highest BCUT2D eigenvalue weighted by Crippen LogP contribution is 2.40.